The van der Waals surface area contributed by atoms with E-state index in [1.165, 1.54) is 11.3 Å². The van der Waals surface area contributed by atoms with Gasteiger partial charge in [-0.1, -0.05) is 13.8 Å². The number of amides is 1. The zero-order chi connectivity index (χ0) is 15.2. The minimum atomic E-state index is -0.223. The Morgan fingerprint density at radius 3 is 2.81 bits per heavy atom. The lowest BCUT2D eigenvalue weighted by molar-refractivity contribution is 0.102. The molecular weight excluding hydrogens is 288 g/mol. The molecule has 0 spiro atoms. The molecule has 0 aliphatic carbocycles. The molecule has 0 aliphatic heterocycles. The molecule has 0 radical (unpaired) electrons. The minimum Gasteiger partial charge on any atom is -0.493 e. The Kier molecular flexibility index (Phi) is 5.16. The Hall–Kier alpha value is -2.08. The number of aromatic nitrogens is 1. The van der Waals surface area contributed by atoms with E-state index in [-0.39, 0.29) is 5.91 Å². The van der Waals surface area contributed by atoms with Gasteiger partial charge in [0.25, 0.3) is 5.91 Å². The smallest absolute Gasteiger partial charge is 0.257 e. The number of rotatable bonds is 6. The molecule has 1 amide bonds. The maximum Gasteiger partial charge on any atom is 0.257 e. The Labute approximate surface area is 127 Å². The van der Waals surface area contributed by atoms with Gasteiger partial charge in [0.05, 0.1) is 13.7 Å². The SMILES string of the molecule is COc1cc(C(=O)Nc2nccs2)ccc1OCC(C)C. The zero-order valence-electron chi connectivity index (χ0n) is 12.3. The standard InChI is InChI=1S/C15H18N2O3S/c1-10(2)9-20-12-5-4-11(8-13(12)19-3)14(18)17-15-16-6-7-21-15/h4-8,10H,9H2,1-3H3,(H,16,17,18). The molecule has 0 saturated carbocycles. The molecule has 1 aromatic heterocycles. The molecule has 0 aliphatic rings. The maximum atomic E-state index is 12.1. The van der Waals surface area contributed by atoms with Crippen LogP contribution in [-0.2, 0) is 0 Å². The molecule has 2 aromatic rings. The lowest BCUT2D eigenvalue weighted by Crippen LogP contribution is -2.12. The predicted molar refractivity (Wildman–Crippen MR) is 83.4 cm³/mol. The van der Waals surface area contributed by atoms with Crippen LogP contribution in [0.1, 0.15) is 24.2 Å². The molecule has 0 unspecified atom stereocenters. The highest BCUT2D eigenvalue weighted by molar-refractivity contribution is 7.13. The summed E-state index contributed by atoms with van der Waals surface area (Å²) in [5.41, 5.74) is 0.499. The quantitative estimate of drug-likeness (QED) is 0.888. The second-order valence-corrected chi connectivity index (χ2v) is 5.76. The first-order valence-corrected chi connectivity index (χ1v) is 7.49. The molecule has 1 aromatic carbocycles. The zero-order valence-corrected chi connectivity index (χ0v) is 13.1. The van der Waals surface area contributed by atoms with Crippen molar-refractivity contribution < 1.29 is 14.3 Å². The van der Waals surface area contributed by atoms with E-state index >= 15 is 0 Å². The van der Waals surface area contributed by atoms with E-state index in [4.69, 9.17) is 9.47 Å². The van der Waals surface area contributed by atoms with E-state index < -0.39 is 0 Å². The van der Waals surface area contributed by atoms with Crippen molar-refractivity contribution >= 4 is 22.4 Å². The van der Waals surface area contributed by atoms with Crippen molar-refractivity contribution in [3.63, 3.8) is 0 Å². The third-order valence-electron chi connectivity index (χ3n) is 2.65. The first-order valence-electron chi connectivity index (χ1n) is 6.62. The highest BCUT2D eigenvalue weighted by Crippen LogP contribution is 2.29. The van der Waals surface area contributed by atoms with Gasteiger partial charge in [-0.2, -0.15) is 0 Å². The van der Waals surface area contributed by atoms with Crippen LogP contribution in [0.15, 0.2) is 29.8 Å². The summed E-state index contributed by atoms with van der Waals surface area (Å²) >= 11 is 1.37. The second-order valence-electron chi connectivity index (χ2n) is 4.86. The number of nitrogens with zero attached hydrogens (tertiary/aromatic N) is 1. The molecule has 21 heavy (non-hydrogen) atoms. The topological polar surface area (TPSA) is 60.5 Å². The number of ether oxygens (including phenoxy) is 2. The number of hydrogen-bond donors (Lipinski definition) is 1. The van der Waals surface area contributed by atoms with Crippen LogP contribution in [0.25, 0.3) is 0 Å². The van der Waals surface area contributed by atoms with Gasteiger partial charge < -0.3 is 9.47 Å². The number of hydrogen-bond acceptors (Lipinski definition) is 5. The lowest BCUT2D eigenvalue weighted by atomic mass is 10.2. The van der Waals surface area contributed by atoms with Crippen LogP contribution in [0.5, 0.6) is 11.5 Å². The molecule has 0 fully saturated rings. The largest absolute Gasteiger partial charge is 0.493 e. The summed E-state index contributed by atoms with van der Waals surface area (Å²) in [6, 6.07) is 5.12. The van der Waals surface area contributed by atoms with Crippen LogP contribution in [0.3, 0.4) is 0 Å². The minimum absolute atomic E-state index is 0.223. The van der Waals surface area contributed by atoms with E-state index in [9.17, 15) is 4.79 Å². The molecule has 0 atom stereocenters. The average molecular weight is 306 g/mol. The van der Waals surface area contributed by atoms with Gasteiger partial charge in [0.2, 0.25) is 0 Å². The summed E-state index contributed by atoms with van der Waals surface area (Å²) in [6.07, 6.45) is 1.64. The molecule has 5 nitrogen and oxygen atoms in total. The van der Waals surface area contributed by atoms with Gasteiger partial charge >= 0.3 is 0 Å². The number of nitrogens with one attached hydrogen (secondary N) is 1. The highest BCUT2D eigenvalue weighted by Gasteiger charge is 2.12. The molecule has 0 bridgehead atoms. The first kappa shape index (κ1) is 15.3. The molecule has 1 heterocycles. The van der Waals surface area contributed by atoms with E-state index in [0.29, 0.717) is 34.7 Å². The van der Waals surface area contributed by atoms with Crippen LogP contribution < -0.4 is 14.8 Å². The number of benzene rings is 1. The molecule has 112 valence electrons. The van der Waals surface area contributed by atoms with Gasteiger partial charge in [0, 0.05) is 17.1 Å². The third kappa shape index (κ3) is 4.19. The third-order valence-corrected chi connectivity index (χ3v) is 3.34. The Morgan fingerprint density at radius 1 is 1.38 bits per heavy atom. The van der Waals surface area contributed by atoms with Crippen LogP contribution in [0, 0.1) is 5.92 Å². The van der Waals surface area contributed by atoms with Crippen LogP contribution in [0.2, 0.25) is 0 Å². The highest BCUT2D eigenvalue weighted by atomic mass is 32.1. The molecule has 1 N–H and O–H groups in total. The van der Waals surface area contributed by atoms with Crippen molar-refractivity contribution in [3.05, 3.63) is 35.3 Å². The Bertz CT molecular complexity index is 597. The fraction of sp³-hybridized carbons (Fsp3) is 0.333. The summed E-state index contributed by atoms with van der Waals surface area (Å²) in [6.45, 7) is 4.74. The Morgan fingerprint density at radius 2 is 2.19 bits per heavy atom. The van der Waals surface area contributed by atoms with Crippen molar-refractivity contribution in [2.45, 2.75) is 13.8 Å². The van der Waals surface area contributed by atoms with Crippen molar-refractivity contribution in [2.24, 2.45) is 5.92 Å². The van der Waals surface area contributed by atoms with Gasteiger partial charge in [-0.3, -0.25) is 10.1 Å². The second kappa shape index (κ2) is 7.08. The van der Waals surface area contributed by atoms with Crippen LogP contribution in [0.4, 0.5) is 5.13 Å². The van der Waals surface area contributed by atoms with Crippen molar-refractivity contribution in [3.8, 4) is 11.5 Å². The van der Waals surface area contributed by atoms with Gasteiger partial charge in [-0.25, -0.2) is 4.98 Å². The van der Waals surface area contributed by atoms with Crippen molar-refractivity contribution in [1.29, 1.82) is 0 Å². The molecular formula is C15H18N2O3S. The number of carbonyl (C=O) groups is 1. The van der Waals surface area contributed by atoms with Gasteiger partial charge in [0.1, 0.15) is 0 Å². The van der Waals surface area contributed by atoms with E-state index in [0.717, 1.165) is 0 Å². The van der Waals surface area contributed by atoms with Crippen LogP contribution >= 0.6 is 11.3 Å². The normalized spacial score (nSPS) is 10.5. The predicted octanol–water partition coefficient (Wildman–Crippen LogP) is 3.44. The molecule has 6 heteroatoms. The fourth-order valence-corrected chi connectivity index (χ4v) is 2.16. The van der Waals surface area contributed by atoms with E-state index in [1.807, 2.05) is 0 Å². The monoisotopic (exact) mass is 306 g/mol. The van der Waals surface area contributed by atoms with Gasteiger partial charge in [-0.15, -0.1) is 11.3 Å². The maximum absolute atomic E-state index is 12.1. The summed E-state index contributed by atoms with van der Waals surface area (Å²) in [5, 5.41) is 5.10. The van der Waals surface area contributed by atoms with Crippen LogP contribution in [-0.4, -0.2) is 24.6 Å². The van der Waals surface area contributed by atoms with Gasteiger partial charge in [0.15, 0.2) is 16.6 Å². The van der Waals surface area contributed by atoms with E-state index in [2.05, 4.69) is 24.1 Å². The first-order chi connectivity index (χ1) is 10.1. The summed E-state index contributed by atoms with van der Waals surface area (Å²) in [4.78, 5) is 16.1. The van der Waals surface area contributed by atoms with Crippen molar-refractivity contribution in [2.75, 3.05) is 19.0 Å². The number of carbonyl (C=O) groups excluding carboxylic acids is 1. The molecule has 2 rings (SSSR count). The summed E-state index contributed by atoms with van der Waals surface area (Å²) in [7, 11) is 1.56. The van der Waals surface area contributed by atoms with Gasteiger partial charge in [-0.05, 0) is 24.1 Å². The van der Waals surface area contributed by atoms with Crippen molar-refractivity contribution in [1.82, 2.24) is 4.98 Å². The lowest BCUT2D eigenvalue weighted by Gasteiger charge is -2.13. The fourth-order valence-electron chi connectivity index (χ4n) is 1.64. The number of anilines is 1. The summed E-state index contributed by atoms with van der Waals surface area (Å²) in [5.74, 6) is 1.38. The average Bonchev–Trinajstić information content (AvgIpc) is 2.97. The summed E-state index contributed by atoms with van der Waals surface area (Å²) < 4.78 is 10.9. The number of methoxy groups -OCH3 is 1. The Balaban J connectivity index is 2.12. The molecule has 0 saturated heterocycles. The van der Waals surface area contributed by atoms with E-state index in [1.54, 1.807) is 36.9 Å². The number of thiazole rings is 1.